The first-order valence-electron chi connectivity index (χ1n) is 6.48. The monoisotopic (exact) mass is 282 g/mol. The summed E-state index contributed by atoms with van der Waals surface area (Å²) in [5, 5.41) is 46.3. The Kier molecular flexibility index (Phi) is 11.1. The Bertz CT molecular complexity index is 193. The van der Waals surface area contributed by atoms with Crippen LogP contribution in [0.1, 0.15) is 38.5 Å². The van der Waals surface area contributed by atoms with Gasteiger partial charge in [0, 0.05) is 0 Å². The molecule has 6 heteroatoms. The smallest absolute Gasteiger partial charge is 0.110 e. The van der Waals surface area contributed by atoms with E-state index in [-0.39, 0.29) is 0 Å². The number of thiol groups is 1. The highest BCUT2D eigenvalue weighted by Crippen LogP contribution is 2.13. The maximum absolute atomic E-state index is 9.62. The number of hydrogen-bond acceptors (Lipinski definition) is 6. The number of aliphatic hydroxyl groups excluding tert-OH is 5. The van der Waals surface area contributed by atoms with Gasteiger partial charge in [0.2, 0.25) is 0 Å². The van der Waals surface area contributed by atoms with Crippen LogP contribution < -0.4 is 0 Å². The summed E-state index contributed by atoms with van der Waals surface area (Å²) in [6, 6.07) is 0. The fourth-order valence-corrected chi connectivity index (χ4v) is 1.95. The second-order valence-electron chi connectivity index (χ2n) is 4.58. The van der Waals surface area contributed by atoms with Crippen LogP contribution in [0.5, 0.6) is 0 Å². The average Bonchev–Trinajstić information content (AvgIpc) is 2.39. The van der Waals surface area contributed by atoms with Gasteiger partial charge in [-0.1, -0.05) is 25.7 Å². The Morgan fingerprint density at radius 1 is 0.722 bits per heavy atom. The molecule has 0 aliphatic heterocycles. The van der Waals surface area contributed by atoms with Crippen molar-refractivity contribution in [1.29, 1.82) is 0 Å². The zero-order chi connectivity index (χ0) is 14.0. The zero-order valence-electron chi connectivity index (χ0n) is 10.6. The maximum Gasteiger partial charge on any atom is 0.110 e. The molecule has 0 saturated carbocycles. The molecule has 0 rings (SSSR count). The normalized spacial score (nSPS) is 18.3. The zero-order valence-corrected chi connectivity index (χ0v) is 11.5. The highest BCUT2D eigenvalue weighted by atomic mass is 32.1. The summed E-state index contributed by atoms with van der Waals surface area (Å²) in [5.74, 6) is 0.882. The van der Waals surface area contributed by atoms with Crippen LogP contribution in [-0.2, 0) is 0 Å². The standard InChI is InChI=1S/C12H26O5S/c13-8-10(15)12(17)11(16)9(14)6-4-2-1-3-5-7-18/h9-18H,1-8H2/t9?,10?,11-,12+/m1/s1. The molecule has 0 heterocycles. The quantitative estimate of drug-likeness (QED) is 0.231. The maximum atomic E-state index is 9.62. The predicted molar refractivity (Wildman–Crippen MR) is 72.7 cm³/mol. The summed E-state index contributed by atoms with van der Waals surface area (Å²) in [4.78, 5) is 0. The highest BCUT2D eigenvalue weighted by Gasteiger charge is 2.29. The lowest BCUT2D eigenvalue weighted by molar-refractivity contribution is -0.116. The molecule has 0 fully saturated rings. The first-order valence-corrected chi connectivity index (χ1v) is 7.11. The summed E-state index contributed by atoms with van der Waals surface area (Å²) < 4.78 is 0. The van der Waals surface area contributed by atoms with Crippen molar-refractivity contribution >= 4 is 12.6 Å². The van der Waals surface area contributed by atoms with Crippen molar-refractivity contribution in [3.63, 3.8) is 0 Å². The molecule has 2 unspecified atom stereocenters. The molecule has 0 amide bonds. The Labute approximate surface area is 114 Å². The molecule has 0 bridgehead atoms. The average molecular weight is 282 g/mol. The molecular formula is C12H26O5S. The number of hydrogen-bond donors (Lipinski definition) is 6. The lowest BCUT2D eigenvalue weighted by Gasteiger charge is -2.25. The minimum Gasteiger partial charge on any atom is -0.394 e. The second-order valence-corrected chi connectivity index (χ2v) is 5.03. The molecular weight excluding hydrogens is 256 g/mol. The van der Waals surface area contributed by atoms with E-state index < -0.39 is 31.0 Å². The molecule has 0 spiro atoms. The molecule has 0 aromatic rings. The molecule has 0 aromatic carbocycles. The van der Waals surface area contributed by atoms with Crippen molar-refractivity contribution in [3.05, 3.63) is 0 Å². The first kappa shape index (κ1) is 18.1. The summed E-state index contributed by atoms with van der Waals surface area (Å²) in [5.41, 5.74) is 0. The number of aliphatic hydroxyl groups is 5. The highest BCUT2D eigenvalue weighted by molar-refractivity contribution is 7.80. The summed E-state index contributed by atoms with van der Waals surface area (Å²) in [6.07, 6.45) is -0.121. The number of rotatable bonds is 11. The van der Waals surface area contributed by atoms with Crippen LogP contribution in [0.15, 0.2) is 0 Å². The van der Waals surface area contributed by atoms with Gasteiger partial charge in [-0.15, -0.1) is 0 Å². The van der Waals surface area contributed by atoms with Gasteiger partial charge in [-0.25, -0.2) is 0 Å². The lowest BCUT2D eigenvalue weighted by Crippen LogP contribution is -2.45. The van der Waals surface area contributed by atoms with E-state index >= 15 is 0 Å². The predicted octanol–water partition coefficient (Wildman–Crippen LogP) is -0.307. The third-order valence-electron chi connectivity index (χ3n) is 2.98. The molecule has 18 heavy (non-hydrogen) atoms. The van der Waals surface area contributed by atoms with Gasteiger partial charge in [-0.3, -0.25) is 0 Å². The van der Waals surface area contributed by atoms with Crippen molar-refractivity contribution in [2.75, 3.05) is 12.4 Å². The lowest BCUT2D eigenvalue weighted by atomic mass is 9.98. The third kappa shape index (κ3) is 7.56. The Balaban J connectivity index is 3.70. The summed E-state index contributed by atoms with van der Waals surface area (Å²) >= 11 is 4.11. The largest absolute Gasteiger partial charge is 0.394 e. The molecule has 0 saturated heterocycles. The Hall–Kier alpha value is 0.150. The second kappa shape index (κ2) is 11.0. The van der Waals surface area contributed by atoms with Gasteiger partial charge >= 0.3 is 0 Å². The van der Waals surface area contributed by atoms with Crippen LogP contribution >= 0.6 is 12.6 Å². The van der Waals surface area contributed by atoms with Crippen molar-refractivity contribution < 1.29 is 25.5 Å². The van der Waals surface area contributed by atoms with Crippen molar-refractivity contribution in [2.45, 2.75) is 62.9 Å². The van der Waals surface area contributed by atoms with Gasteiger partial charge in [0.05, 0.1) is 12.7 Å². The van der Waals surface area contributed by atoms with Gasteiger partial charge in [0.15, 0.2) is 0 Å². The van der Waals surface area contributed by atoms with Crippen LogP contribution in [0.25, 0.3) is 0 Å². The topological polar surface area (TPSA) is 101 Å². The van der Waals surface area contributed by atoms with Gasteiger partial charge in [0.25, 0.3) is 0 Å². The van der Waals surface area contributed by atoms with E-state index in [9.17, 15) is 15.3 Å². The van der Waals surface area contributed by atoms with Crippen molar-refractivity contribution in [2.24, 2.45) is 0 Å². The minimum absolute atomic E-state index is 0.372. The van der Waals surface area contributed by atoms with Crippen LogP contribution in [0.2, 0.25) is 0 Å². The molecule has 0 aliphatic rings. The van der Waals surface area contributed by atoms with Crippen molar-refractivity contribution in [3.8, 4) is 0 Å². The van der Waals surface area contributed by atoms with E-state index in [1.807, 2.05) is 0 Å². The van der Waals surface area contributed by atoms with Crippen LogP contribution in [-0.4, -0.2) is 62.3 Å². The van der Waals surface area contributed by atoms with Crippen molar-refractivity contribution in [1.82, 2.24) is 0 Å². The van der Waals surface area contributed by atoms with E-state index in [2.05, 4.69) is 12.6 Å². The fraction of sp³-hybridized carbons (Fsp3) is 1.00. The Morgan fingerprint density at radius 2 is 1.22 bits per heavy atom. The molecule has 0 radical (unpaired) electrons. The van der Waals surface area contributed by atoms with E-state index in [0.29, 0.717) is 6.42 Å². The third-order valence-corrected chi connectivity index (χ3v) is 3.30. The number of unbranched alkanes of at least 4 members (excludes halogenated alkanes) is 4. The molecule has 0 aromatic heterocycles. The summed E-state index contributed by atoms with van der Waals surface area (Å²) in [7, 11) is 0. The molecule has 110 valence electrons. The summed E-state index contributed by atoms with van der Waals surface area (Å²) in [6.45, 7) is -0.644. The minimum atomic E-state index is -1.52. The van der Waals surface area contributed by atoms with Gasteiger partial charge < -0.3 is 25.5 Å². The van der Waals surface area contributed by atoms with Crippen LogP contribution in [0.3, 0.4) is 0 Å². The van der Waals surface area contributed by atoms with Gasteiger partial charge in [-0.2, -0.15) is 12.6 Å². The van der Waals surface area contributed by atoms with Crippen LogP contribution in [0, 0.1) is 0 Å². The van der Waals surface area contributed by atoms with E-state index in [1.54, 1.807) is 0 Å². The first-order chi connectivity index (χ1) is 8.54. The van der Waals surface area contributed by atoms with E-state index in [4.69, 9.17) is 10.2 Å². The SMILES string of the molecule is OCC(O)[C@H](O)[C@H](O)C(O)CCCCCCCS. The molecule has 0 aliphatic carbocycles. The van der Waals surface area contributed by atoms with Gasteiger partial charge in [0.1, 0.15) is 18.3 Å². The van der Waals surface area contributed by atoms with E-state index in [0.717, 1.165) is 37.9 Å². The van der Waals surface area contributed by atoms with Gasteiger partial charge in [-0.05, 0) is 18.6 Å². The Morgan fingerprint density at radius 3 is 1.78 bits per heavy atom. The van der Waals surface area contributed by atoms with E-state index in [1.165, 1.54) is 0 Å². The molecule has 5 N–H and O–H groups in total. The molecule has 5 nitrogen and oxygen atoms in total. The fourth-order valence-electron chi connectivity index (χ4n) is 1.73. The molecule has 4 atom stereocenters. The van der Waals surface area contributed by atoms with Crippen LogP contribution in [0.4, 0.5) is 0 Å².